The second-order valence-electron chi connectivity index (χ2n) is 2.37. The van der Waals surface area contributed by atoms with Gasteiger partial charge < -0.3 is 14.8 Å². The number of cyclic esters (lactones) is 1. The Morgan fingerprint density at radius 3 is 3.08 bits per heavy atom. The molecular weight excluding hydrogens is 162 g/mol. The van der Waals surface area contributed by atoms with E-state index in [9.17, 15) is 9.59 Å². The normalized spacial score (nSPS) is 21.8. The largest absolute Gasteiger partial charge is 0.464 e. The minimum atomic E-state index is -0.568. The van der Waals surface area contributed by atoms with Crippen molar-refractivity contribution < 1.29 is 19.1 Å². The Morgan fingerprint density at radius 2 is 2.58 bits per heavy atom. The molecule has 1 fully saturated rings. The molecule has 1 aliphatic heterocycles. The van der Waals surface area contributed by atoms with Gasteiger partial charge >= 0.3 is 12.1 Å². The highest BCUT2D eigenvalue weighted by molar-refractivity contribution is 5.82. The first-order valence-electron chi connectivity index (χ1n) is 3.84. The van der Waals surface area contributed by atoms with Gasteiger partial charge in [-0.3, -0.25) is 0 Å². The molecule has 1 aliphatic rings. The third kappa shape index (κ3) is 2.11. The number of ether oxygens (including phenoxy) is 2. The number of nitrogens with one attached hydrogen (secondary N) is 1. The first-order valence-corrected chi connectivity index (χ1v) is 3.84. The highest BCUT2D eigenvalue weighted by Crippen LogP contribution is 2.05. The molecule has 0 radical (unpaired) electrons. The molecule has 12 heavy (non-hydrogen) atoms. The molecule has 5 nitrogen and oxygen atoms in total. The number of alkyl carbamates (subject to hydrolysis) is 1. The van der Waals surface area contributed by atoms with E-state index in [0.29, 0.717) is 19.6 Å². The van der Waals surface area contributed by atoms with Crippen molar-refractivity contribution in [3.05, 3.63) is 0 Å². The fourth-order valence-electron chi connectivity index (χ4n) is 0.942. The summed E-state index contributed by atoms with van der Waals surface area (Å²) < 4.78 is 9.23. The zero-order valence-electron chi connectivity index (χ0n) is 6.83. The van der Waals surface area contributed by atoms with E-state index in [4.69, 9.17) is 0 Å². The molecule has 1 heterocycles. The van der Waals surface area contributed by atoms with Gasteiger partial charge in [0.1, 0.15) is 6.04 Å². The summed E-state index contributed by atoms with van der Waals surface area (Å²) >= 11 is 0. The summed E-state index contributed by atoms with van der Waals surface area (Å²) in [7, 11) is 0. The quantitative estimate of drug-likeness (QED) is 0.599. The predicted octanol–water partition coefficient (Wildman–Crippen LogP) is 0.0480. The van der Waals surface area contributed by atoms with Crippen molar-refractivity contribution in [2.75, 3.05) is 13.2 Å². The van der Waals surface area contributed by atoms with Crippen molar-refractivity contribution in [3.63, 3.8) is 0 Å². The molecule has 0 bridgehead atoms. The van der Waals surface area contributed by atoms with Crippen molar-refractivity contribution in [2.24, 2.45) is 0 Å². The lowest BCUT2D eigenvalue weighted by atomic mass is 10.2. The number of carbonyl (C=O) groups excluding carboxylic acids is 2. The van der Waals surface area contributed by atoms with Crippen LogP contribution in [0.4, 0.5) is 4.79 Å². The van der Waals surface area contributed by atoms with Crippen molar-refractivity contribution in [2.45, 2.75) is 19.4 Å². The maximum absolute atomic E-state index is 10.8. The Morgan fingerprint density at radius 1 is 1.83 bits per heavy atom. The Balaban J connectivity index is 2.30. The fourth-order valence-corrected chi connectivity index (χ4v) is 0.942. The van der Waals surface area contributed by atoms with Crippen LogP contribution in [-0.4, -0.2) is 31.3 Å². The SMILES string of the molecule is CCOC(=O)N[C@H]1CCOC1=O. The van der Waals surface area contributed by atoms with Crippen LogP contribution in [0.15, 0.2) is 0 Å². The summed E-state index contributed by atoms with van der Waals surface area (Å²) in [6.07, 6.45) is -0.0428. The van der Waals surface area contributed by atoms with Crippen LogP contribution < -0.4 is 5.32 Å². The topological polar surface area (TPSA) is 64.6 Å². The molecule has 0 aromatic carbocycles. The Kier molecular flexibility index (Phi) is 2.90. The molecule has 0 spiro atoms. The molecule has 5 heteroatoms. The van der Waals surface area contributed by atoms with Gasteiger partial charge in [0, 0.05) is 6.42 Å². The summed E-state index contributed by atoms with van der Waals surface area (Å²) in [5, 5.41) is 2.39. The van der Waals surface area contributed by atoms with E-state index >= 15 is 0 Å². The van der Waals surface area contributed by atoms with Gasteiger partial charge in [-0.1, -0.05) is 0 Å². The van der Waals surface area contributed by atoms with Crippen LogP contribution in [0, 0.1) is 0 Å². The minimum absolute atomic E-state index is 0.299. The summed E-state index contributed by atoms with van der Waals surface area (Å²) in [6, 6.07) is -0.524. The number of esters is 1. The first kappa shape index (κ1) is 8.83. The van der Waals surface area contributed by atoms with E-state index in [-0.39, 0.29) is 5.97 Å². The van der Waals surface area contributed by atoms with E-state index in [2.05, 4.69) is 14.8 Å². The van der Waals surface area contributed by atoms with Crippen molar-refractivity contribution in [1.29, 1.82) is 0 Å². The van der Waals surface area contributed by atoms with Gasteiger partial charge in [-0.15, -0.1) is 0 Å². The van der Waals surface area contributed by atoms with Crippen LogP contribution in [0.3, 0.4) is 0 Å². The standard InChI is InChI=1S/C7H11NO4/c1-2-11-7(10)8-5-3-4-12-6(5)9/h5H,2-4H2,1H3,(H,8,10)/t5-/m0/s1. The highest BCUT2D eigenvalue weighted by Gasteiger charge is 2.28. The zero-order valence-corrected chi connectivity index (χ0v) is 6.83. The van der Waals surface area contributed by atoms with Crippen LogP contribution >= 0.6 is 0 Å². The van der Waals surface area contributed by atoms with Crippen LogP contribution in [0.1, 0.15) is 13.3 Å². The minimum Gasteiger partial charge on any atom is -0.464 e. The van der Waals surface area contributed by atoms with E-state index in [1.54, 1.807) is 6.92 Å². The number of carbonyl (C=O) groups is 2. The lowest BCUT2D eigenvalue weighted by Crippen LogP contribution is -2.38. The average molecular weight is 173 g/mol. The summed E-state index contributed by atoms with van der Waals surface area (Å²) in [6.45, 7) is 2.37. The predicted molar refractivity (Wildman–Crippen MR) is 39.5 cm³/mol. The maximum atomic E-state index is 10.8. The van der Waals surface area contributed by atoms with Gasteiger partial charge in [0.15, 0.2) is 0 Å². The Labute approximate surface area is 70.0 Å². The number of hydrogen-bond donors (Lipinski definition) is 1. The van der Waals surface area contributed by atoms with Crippen molar-refractivity contribution in [3.8, 4) is 0 Å². The lowest BCUT2D eigenvalue weighted by Gasteiger charge is -2.07. The molecular formula is C7H11NO4. The molecule has 1 N–H and O–H groups in total. The average Bonchev–Trinajstić information content (AvgIpc) is 2.37. The fraction of sp³-hybridized carbons (Fsp3) is 0.714. The molecule has 0 aromatic rings. The number of amides is 1. The molecule has 1 atom stereocenters. The molecule has 1 rings (SSSR count). The first-order chi connectivity index (χ1) is 5.74. The second kappa shape index (κ2) is 3.94. The van der Waals surface area contributed by atoms with Crippen LogP contribution in [0.2, 0.25) is 0 Å². The van der Waals surface area contributed by atoms with Crippen LogP contribution in [0.5, 0.6) is 0 Å². The zero-order chi connectivity index (χ0) is 8.97. The van der Waals surface area contributed by atoms with E-state index in [1.807, 2.05) is 0 Å². The molecule has 0 aliphatic carbocycles. The lowest BCUT2D eigenvalue weighted by molar-refractivity contribution is -0.139. The summed E-state index contributed by atoms with van der Waals surface area (Å²) in [5.41, 5.74) is 0. The molecule has 0 unspecified atom stereocenters. The van der Waals surface area contributed by atoms with Crippen LogP contribution in [-0.2, 0) is 14.3 Å². The molecule has 1 amide bonds. The summed E-state index contributed by atoms with van der Waals surface area (Å²) in [5.74, 6) is -0.386. The number of rotatable bonds is 2. The van der Waals surface area contributed by atoms with Gasteiger partial charge in [0.25, 0.3) is 0 Å². The van der Waals surface area contributed by atoms with E-state index in [0.717, 1.165) is 0 Å². The Bertz CT molecular complexity index is 192. The molecule has 68 valence electrons. The van der Waals surface area contributed by atoms with Gasteiger partial charge in [-0.2, -0.15) is 0 Å². The van der Waals surface area contributed by atoms with Crippen molar-refractivity contribution in [1.82, 2.24) is 5.32 Å². The second-order valence-corrected chi connectivity index (χ2v) is 2.37. The third-order valence-electron chi connectivity index (χ3n) is 1.50. The van der Waals surface area contributed by atoms with Gasteiger partial charge in [-0.25, -0.2) is 9.59 Å². The van der Waals surface area contributed by atoms with Crippen LogP contribution in [0.25, 0.3) is 0 Å². The highest BCUT2D eigenvalue weighted by atomic mass is 16.6. The molecule has 0 aromatic heterocycles. The monoisotopic (exact) mass is 173 g/mol. The maximum Gasteiger partial charge on any atom is 0.407 e. The third-order valence-corrected chi connectivity index (χ3v) is 1.50. The molecule has 1 saturated heterocycles. The van der Waals surface area contributed by atoms with Crippen molar-refractivity contribution >= 4 is 12.1 Å². The van der Waals surface area contributed by atoms with Gasteiger partial charge in [0.05, 0.1) is 13.2 Å². The Hall–Kier alpha value is -1.26. The number of hydrogen-bond acceptors (Lipinski definition) is 4. The summed E-state index contributed by atoms with van der Waals surface area (Å²) in [4.78, 5) is 21.6. The van der Waals surface area contributed by atoms with Gasteiger partial charge in [-0.05, 0) is 6.92 Å². The van der Waals surface area contributed by atoms with E-state index < -0.39 is 12.1 Å². The smallest absolute Gasteiger partial charge is 0.407 e. The van der Waals surface area contributed by atoms with Gasteiger partial charge in [0.2, 0.25) is 0 Å². The van der Waals surface area contributed by atoms with E-state index in [1.165, 1.54) is 0 Å². The molecule has 0 saturated carbocycles.